The van der Waals surface area contributed by atoms with Crippen LogP contribution in [0.3, 0.4) is 0 Å². The molecule has 178 valence electrons. The molecule has 0 spiro atoms. The summed E-state index contributed by atoms with van der Waals surface area (Å²) in [5.74, 6) is -0.0543. The summed E-state index contributed by atoms with van der Waals surface area (Å²) in [4.78, 5) is 27.1. The van der Waals surface area contributed by atoms with Crippen LogP contribution in [-0.2, 0) is 19.4 Å². The van der Waals surface area contributed by atoms with Gasteiger partial charge in [0.15, 0.2) is 15.9 Å². The number of carbonyl (C=O) groups is 2. The highest BCUT2D eigenvalue weighted by Crippen LogP contribution is 2.22. The smallest absolute Gasteiger partial charge is 0.342 e. The van der Waals surface area contributed by atoms with Gasteiger partial charge in [-0.1, -0.05) is 30.3 Å². The van der Waals surface area contributed by atoms with Gasteiger partial charge in [-0.05, 0) is 44.5 Å². The Balaban J connectivity index is 1.57. The highest BCUT2D eigenvalue weighted by Gasteiger charge is 2.36. The Morgan fingerprint density at radius 1 is 1.03 bits per heavy atom. The molecular formula is C24H29NO7S. The van der Waals surface area contributed by atoms with Crippen LogP contribution in [0.15, 0.2) is 54.6 Å². The first kappa shape index (κ1) is 24.6. The molecule has 1 heterocycles. The average Bonchev–Trinajstić information content (AvgIpc) is 3.17. The molecule has 0 radical (unpaired) electrons. The molecular weight excluding hydrogens is 446 g/mol. The third-order valence-electron chi connectivity index (χ3n) is 5.36. The van der Waals surface area contributed by atoms with Gasteiger partial charge in [0, 0.05) is 12.6 Å². The van der Waals surface area contributed by atoms with E-state index in [9.17, 15) is 18.0 Å². The molecule has 33 heavy (non-hydrogen) atoms. The number of hydrogen-bond donors (Lipinski definition) is 0. The van der Waals surface area contributed by atoms with Crippen LogP contribution < -0.4 is 9.47 Å². The number of para-hydroxylation sites is 2. The van der Waals surface area contributed by atoms with E-state index in [0.717, 1.165) is 5.75 Å². The molecule has 0 aromatic heterocycles. The predicted octanol–water partition coefficient (Wildman–Crippen LogP) is 2.73. The molecule has 0 saturated carbocycles. The zero-order chi connectivity index (χ0) is 23.8. The van der Waals surface area contributed by atoms with E-state index < -0.39 is 33.9 Å². The van der Waals surface area contributed by atoms with Gasteiger partial charge in [0.05, 0.1) is 11.5 Å². The van der Waals surface area contributed by atoms with Gasteiger partial charge in [-0.15, -0.1) is 0 Å². The normalized spacial score (nSPS) is 17.7. The second-order valence-corrected chi connectivity index (χ2v) is 9.96. The quantitative estimate of drug-likeness (QED) is 0.385. The number of likely N-dealkylation sites (N-methyl/N-ethyl adjacent to an activating group) is 1. The molecule has 0 N–H and O–H groups in total. The molecule has 9 heteroatoms. The monoisotopic (exact) mass is 475 g/mol. The summed E-state index contributed by atoms with van der Waals surface area (Å²) in [5, 5.41) is 0. The Hall–Kier alpha value is -3.07. The van der Waals surface area contributed by atoms with Gasteiger partial charge < -0.3 is 19.1 Å². The van der Waals surface area contributed by atoms with Crippen LogP contribution in [0.5, 0.6) is 11.5 Å². The summed E-state index contributed by atoms with van der Waals surface area (Å²) in [7, 11) is -3.14. The second-order valence-electron chi connectivity index (χ2n) is 7.73. The molecule has 3 rings (SSSR count). The van der Waals surface area contributed by atoms with E-state index in [1.165, 1.54) is 11.8 Å². The lowest BCUT2D eigenvalue weighted by Gasteiger charge is -2.29. The summed E-state index contributed by atoms with van der Waals surface area (Å²) in [6, 6.07) is 15.5. The second kappa shape index (κ2) is 11.2. The number of rotatable bonds is 10. The molecule has 0 bridgehead atoms. The molecule has 8 nitrogen and oxygen atoms in total. The number of carbonyl (C=O) groups excluding carboxylic acids is 2. The lowest BCUT2D eigenvalue weighted by atomic mass is 10.2. The number of hydrogen-bond acceptors (Lipinski definition) is 7. The third-order valence-corrected chi connectivity index (χ3v) is 7.11. The maximum atomic E-state index is 12.9. The highest BCUT2D eigenvalue weighted by molar-refractivity contribution is 7.91. The topological polar surface area (TPSA) is 99.2 Å². The van der Waals surface area contributed by atoms with Gasteiger partial charge in [-0.2, -0.15) is 0 Å². The van der Waals surface area contributed by atoms with E-state index in [2.05, 4.69) is 0 Å². The molecule has 2 aromatic carbocycles. The van der Waals surface area contributed by atoms with E-state index in [1.54, 1.807) is 31.2 Å². The first-order chi connectivity index (χ1) is 15.8. The van der Waals surface area contributed by atoms with Crippen molar-refractivity contribution < 1.29 is 32.2 Å². The molecule has 2 aromatic rings. The fourth-order valence-corrected chi connectivity index (χ4v) is 5.44. The van der Waals surface area contributed by atoms with Gasteiger partial charge in [0.25, 0.3) is 5.91 Å². The zero-order valence-corrected chi connectivity index (χ0v) is 19.6. The molecule has 0 aliphatic carbocycles. The van der Waals surface area contributed by atoms with Crippen molar-refractivity contribution in [2.24, 2.45) is 0 Å². The van der Waals surface area contributed by atoms with Crippen LogP contribution in [0.4, 0.5) is 0 Å². The van der Waals surface area contributed by atoms with E-state index >= 15 is 0 Å². The number of benzene rings is 2. The predicted molar refractivity (Wildman–Crippen MR) is 123 cm³/mol. The molecule has 1 aliphatic heterocycles. The number of nitrogens with zero attached hydrogens (tertiary/aromatic N) is 1. The molecule has 1 aliphatic rings. The van der Waals surface area contributed by atoms with Gasteiger partial charge >= 0.3 is 5.97 Å². The summed E-state index contributed by atoms with van der Waals surface area (Å²) in [6.45, 7) is 4.11. The number of esters is 1. The molecule has 1 saturated heterocycles. The van der Waals surface area contributed by atoms with Crippen molar-refractivity contribution in [1.82, 2.24) is 4.90 Å². The highest BCUT2D eigenvalue weighted by atomic mass is 32.2. The number of ether oxygens (including phenoxy) is 3. The zero-order valence-electron chi connectivity index (χ0n) is 18.8. The van der Waals surface area contributed by atoms with Crippen molar-refractivity contribution in [2.45, 2.75) is 32.4 Å². The van der Waals surface area contributed by atoms with Gasteiger partial charge in [0.2, 0.25) is 0 Å². The minimum atomic E-state index is -3.14. The third kappa shape index (κ3) is 6.71. The summed E-state index contributed by atoms with van der Waals surface area (Å²) < 4.78 is 40.3. The first-order valence-electron chi connectivity index (χ1n) is 10.9. The van der Waals surface area contributed by atoms with Gasteiger partial charge in [-0.25, -0.2) is 13.2 Å². The minimum absolute atomic E-state index is 0.0605. The van der Waals surface area contributed by atoms with E-state index in [0.29, 0.717) is 18.7 Å². The Labute approximate surface area is 194 Å². The maximum Gasteiger partial charge on any atom is 0.342 e. The minimum Gasteiger partial charge on any atom is -0.490 e. The van der Waals surface area contributed by atoms with E-state index in [-0.39, 0.29) is 30.3 Å². The maximum absolute atomic E-state index is 12.9. The van der Waals surface area contributed by atoms with Crippen molar-refractivity contribution in [3.63, 3.8) is 0 Å². The van der Waals surface area contributed by atoms with E-state index in [1.807, 2.05) is 30.3 Å². The van der Waals surface area contributed by atoms with E-state index in [4.69, 9.17) is 14.2 Å². The van der Waals surface area contributed by atoms with Crippen molar-refractivity contribution in [2.75, 3.05) is 31.3 Å². The summed E-state index contributed by atoms with van der Waals surface area (Å²) >= 11 is 0. The molecule has 1 fully saturated rings. The van der Waals surface area contributed by atoms with Crippen molar-refractivity contribution in [1.29, 1.82) is 0 Å². The first-order valence-corrected chi connectivity index (χ1v) is 12.7. The van der Waals surface area contributed by atoms with Gasteiger partial charge in [0.1, 0.15) is 30.3 Å². The standard InChI is InChI=1S/C24H29NO7S/c1-3-25(19-13-16-33(28,29)17-19)23(26)18(2)32-24(27)21-11-7-8-12-22(21)31-15-14-30-20-9-5-4-6-10-20/h4-12,18-19H,3,13-17H2,1-2H3. The molecule has 2 atom stereocenters. The molecule has 1 amide bonds. The van der Waals surface area contributed by atoms with Crippen LogP contribution in [0, 0.1) is 0 Å². The van der Waals surface area contributed by atoms with Crippen LogP contribution >= 0.6 is 0 Å². The fraction of sp³-hybridized carbons (Fsp3) is 0.417. The summed E-state index contributed by atoms with van der Waals surface area (Å²) in [5.41, 5.74) is 0.198. The SMILES string of the molecule is CCN(C(=O)C(C)OC(=O)c1ccccc1OCCOc1ccccc1)C1CCS(=O)(=O)C1. The van der Waals surface area contributed by atoms with Crippen molar-refractivity contribution in [3.05, 3.63) is 60.2 Å². The van der Waals surface area contributed by atoms with Gasteiger partial charge in [-0.3, -0.25) is 4.79 Å². The van der Waals surface area contributed by atoms with Crippen molar-refractivity contribution in [3.8, 4) is 11.5 Å². The Morgan fingerprint density at radius 2 is 1.70 bits per heavy atom. The Morgan fingerprint density at radius 3 is 2.36 bits per heavy atom. The molecule has 2 unspecified atom stereocenters. The van der Waals surface area contributed by atoms with Crippen molar-refractivity contribution >= 4 is 21.7 Å². The number of sulfone groups is 1. The number of amides is 1. The lowest BCUT2D eigenvalue weighted by molar-refractivity contribution is -0.141. The summed E-state index contributed by atoms with van der Waals surface area (Å²) in [6.07, 6.45) is -0.667. The average molecular weight is 476 g/mol. The Bertz CT molecular complexity index is 1060. The fourth-order valence-electron chi connectivity index (χ4n) is 3.71. The van der Waals surface area contributed by atoms with Crippen LogP contribution in [-0.4, -0.2) is 68.6 Å². The lowest BCUT2D eigenvalue weighted by Crippen LogP contribution is -2.46. The van der Waals surface area contributed by atoms with Crippen LogP contribution in [0.2, 0.25) is 0 Å². The van der Waals surface area contributed by atoms with Crippen LogP contribution in [0.1, 0.15) is 30.6 Å². The van der Waals surface area contributed by atoms with Crippen LogP contribution in [0.25, 0.3) is 0 Å². The Kier molecular flexibility index (Phi) is 8.32. The largest absolute Gasteiger partial charge is 0.490 e.